The smallest absolute Gasteiger partial charge is 2.00 e. The predicted molar refractivity (Wildman–Crippen MR) is 0 cm³/mol. The van der Waals surface area contributed by atoms with E-state index in [2.05, 4.69) is 0 Å². The molecule has 0 aromatic rings. The molecule has 0 aliphatic heterocycles. The summed E-state index contributed by atoms with van der Waals surface area (Å²) in [6.45, 7) is 0. The summed E-state index contributed by atoms with van der Waals surface area (Å²) in [7, 11) is 0. The van der Waals surface area contributed by atoms with Gasteiger partial charge in [0.1, 0.15) is 0 Å². The van der Waals surface area contributed by atoms with Crippen LogP contribution in [-0.4, -0.2) is 0 Å². The van der Waals surface area contributed by atoms with E-state index in [0.717, 1.165) is 0 Å². The Labute approximate surface area is 66.6 Å². The van der Waals surface area contributed by atoms with Crippen molar-refractivity contribution < 1.29 is 67.1 Å². The quantitative estimate of drug-likeness (QED) is 0.554. The van der Waals surface area contributed by atoms with Gasteiger partial charge >= 0.3 is 67.1 Å². The second-order valence-corrected chi connectivity index (χ2v) is 0. The maximum atomic E-state index is 0. The molecule has 0 atom stereocenters. The van der Waals surface area contributed by atoms with Crippen molar-refractivity contribution in [1.29, 1.82) is 0 Å². The molecule has 0 saturated heterocycles. The van der Waals surface area contributed by atoms with Crippen LogP contribution in [0.1, 0.15) is 0 Å². The van der Waals surface area contributed by atoms with Crippen molar-refractivity contribution in [1.82, 2.24) is 0 Å². The predicted octanol–water partition coefficient (Wildman–Crippen LogP) is -0.0100. The standard InChI is InChI=1S/4Co/q4*+2. The first-order valence-corrected chi connectivity index (χ1v) is 0. The Bertz CT molecular complexity index is 0. The van der Waals surface area contributed by atoms with E-state index in [-0.39, 0.29) is 67.1 Å². The summed E-state index contributed by atoms with van der Waals surface area (Å²) in [6.07, 6.45) is 0. The molecule has 28 valence electrons. The molecule has 0 amide bonds. The minimum absolute atomic E-state index is 0. The largest absolute Gasteiger partial charge is 2.00 e. The topological polar surface area (TPSA) is 0 Å². The van der Waals surface area contributed by atoms with Gasteiger partial charge < -0.3 is 0 Å². The van der Waals surface area contributed by atoms with E-state index in [1.54, 1.807) is 0 Å². The normalized spacial score (nSPS) is 0. The number of rotatable bonds is 0. The molecule has 0 aliphatic carbocycles. The molecule has 0 nitrogen and oxygen atoms in total. The fourth-order valence-electron chi connectivity index (χ4n) is 0. The van der Waals surface area contributed by atoms with Crippen LogP contribution in [0.15, 0.2) is 0 Å². The Kier molecular flexibility index (Phi) is 184. The molecule has 0 bridgehead atoms. The maximum Gasteiger partial charge on any atom is 2.00 e. The zero-order chi connectivity index (χ0) is 0. The van der Waals surface area contributed by atoms with Crippen LogP contribution in [0.5, 0.6) is 0 Å². The molecule has 0 fully saturated rings. The molecule has 0 saturated carbocycles. The van der Waals surface area contributed by atoms with Crippen molar-refractivity contribution in [3.63, 3.8) is 0 Å². The van der Waals surface area contributed by atoms with Crippen molar-refractivity contribution in [3.8, 4) is 0 Å². The fourth-order valence-corrected chi connectivity index (χ4v) is 0. The van der Waals surface area contributed by atoms with Gasteiger partial charge in [-0.05, 0) is 0 Å². The van der Waals surface area contributed by atoms with Gasteiger partial charge in [0.2, 0.25) is 0 Å². The molecule has 0 spiro atoms. The van der Waals surface area contributed by atoms with E-state index >= 15 is 0 Å². The van der Waals surface area contributed by atoms with Gasteiger partial charge in [-0.2, -0.15) is 0 Å². The Hall–Kier alpha value is 2.03. The first-order chi connectivity index (χ1) is 0. The molecule has 4 radical (unpaired) electrons. The van der Waals surface area contributed by atoms with E-state index in [1.807, 2.05) is 0 Å². The van der Waals surface area contributed by atoms with Crippen LogP contribution in [0.2, 0.25) is 0 Å². The average Bonchev–Trinajstić information content (AvgIpc) is 0. The van der Waals surface area contributed by atoms with Gasteiger partial charge in [0, 0.05) is 0 Å². The summed E-state index contributed by atoms with van der Waals surface area (Å²) in [5.41, 5.74) is 0. The van der Waals surface area contributed by atoms with Crippen molar-refractivity contribution in [2.75, 3.05) is 0 Å². The second-order valence-electron chi connectivity index (χ2n) is 0. The van der Waals surface area contributed by atoms with Gasteiger partial charge in [0.15, 0.2) is 0 Å². The average molecular weight is 236 g/mol. The van der Waals surface area contributed by atoms with Gasteiger partial charge in [0.05, 0.1) is 0 Å². The summed E-state index contributed by atoms with van der Waals surface area (Å²) in [4.78, 5) is 0. The monoisotopic (exact) mass is 236 g/mol. The summed E-state index contributed by atoms with van der Waals surface area (Å²) >= 11 is 0. The first kappa shape index (κ1) is 37.1. The summed E-state index contributed by atoms with van der Waals surface area (Å²) in [5.74, 6) is 0. The molecule has 4 heteroatoms. The third-order valence-electron chi connectivity index (χ3n) is 0. The SMILES string of the molecule is [Co+2].[Co+2].[Co+2].[Co+2]. The second kappa shape index (κ2) is 19.8. The van der Waals surface area contributed by atoms with E-state index in [1.165, 1.54) is 0 Å². The van der Waals surface area contributed by atoms with E-state index < -0.39 is 0 Å². The first-order valence-electron chi connectivity index (χ1n) is 0. The summed E-state index contributed by atoms with van der Waals surface area (Å²) in [6, 6.07) is 0. The Balaban J connectivity index is 0. The van der Waals surface area contributed by atoms with Crippen LogP contribution in [-0.2, 0) is 67.1 Å². The van der Waals surface area contributed by atoms with E-state index in [9.17, 15) is 0 Å². The van der Waals surface area contributed by atoms with Crippen LogP contribution in [0, 0.1) is 0 Å². The van der Waals surface area contributed by atoms with Gasteiger partial charge in [0.25, 0.3) is 0 Å². The Morgan fingerprint density at radius 1 is 0.250 bits per heavy atom. The third-order valence-corrected chi connectivity index (χ3v) is 0. The zero-order valence-corrected chi connectivity index (χ0v) is 5.50. The minimum atomic E-state index is 0. The zero-order valence-electron chi connectivity index (χ0n) is 1.33. The molecule has 0 heterocycles. The fraction of sp³-hybridized carbons (Fsp3) is 0. The van der Waals surface area contributed by atoms with E-state index in [4.69, 9.17) is 0 Å². The maximum absolute atomic E-state index is 0. The van der Waals surface area contributed by atoms with Crippen LogP contribution in [0.3, 0.4) is 0 Å². The van der Waals surface area contributed by atoms with Gasteiger partial charge in [-0.3, -0.25) is 0 Å². The van der Waals surface area contributed by atoms with Crippen LogP contribution < -0.4 is 0 Å². The van der Waals surface area contributed by atoms with Crippen molar-refractivity contribution in [3.05, 3.63) is 0 Å². The molecule has 0 aromatic carbocycles. The minimum Gasteiger partial charge on any atom is 2.00 e. The van der Waals surface area contributed by atoms with Crippen LogP contribution >= 0.6 is 0 Å². The van der Waals surface area contributed by atoms with Crippen molar-refractivity contribution >= 4 is 0 Å². The molecule has 0 aliphatic rings. The molecule has 0 rings (SSSR count). The number of hydrogen-bond acceptors (Lipinski definition) is 0. The summed E-state index contributed by atoms with van der Waals surface area (Å²) in [5, 5.41) is 0. The molecular formula is Co4+8. The molecular weight excluding hydrogens is 236 g/mol. The van der Waals surface area contributed by atoms with Crippen molar-refractivity contribution in [2.45, 2.75) is 0 Å². The number of hydrogen-bond donors (Lipinski definition) is 0. The van der Waals surface area contributed by atoms with Crippen molar-refractivity contribution in [2.24, 2.45) is 0 Å². The van der Waals surface area contributed by atoms with Crippen LogP contribution in [0.25, 0.3) is 0 Å². The molecule has 4 heavy (non-hydrogen) atoms. The van der Waals surface area contributed by atoms with Gasteiger partial charge in [-0.15, -0.1) is 0 Å². The van der Waals surface area contributed by atoms with Gasteiger partial charge in [-0.25, -0.2) is 0 Å². The van der Waals surface area contributed by atoms with Gasteiger partial charge in [-0.1, -0.05) is 0 Å². The van der Waals surface area contributed by atoms with Crippen LogP contribution in [0.4, 0.5) is 0 Å². The molecule has 0 aromatic heterocycles. The molecule has 0 unspecified atom stereocenters. The molecule has 0 N–H and O–H groups in total. The summed E-state index contributed by atoms with van der Waals surface area (Å²) < 4.78 is 0. The third kappa shape index (κ3) is 8.98. The Morgan fingerprint density at radius 3 is 0.250 bits per heavy atom. The Morgan fingerprint density at radius 2 is 0.250 bits per heavy atom. The van der Waals surface area contributed by atoms with E-state index in [0.29, 0.717) is 0 Å².